The highest BCUT2D eigenvalue weighted by molar-refractivity contribution is 5.85. The van der Waals surface area contributed by atoms with Gasteiger partial charge in [-0.3, -0.25) is 10.1 Å². The van der Waals surface area contributed by atoms with Gasteiger partial charge in [0.25, 0.3) is 0 Å². The van der Waals surface area contributed by atoms with E-state index in [0.717, 1.165) is 12.3 Å². The molecule has 3 nitrogen and oxygen atoms in total. The van der Waals surface area contributed by atoms with Gasteiger partial charge in [-0.15, -0.1) is 0 Å². The van der Waals surface area contributed by atoms with E-state index in [1.165, 1.54) is 12.8 Å². The Kier molecular flexibility index (Phi) is 3.24. The van der Waals surface area contributed by atoms with Crippen molar-refractivity contribution in [3.05, 3.63) is 0 Å². The Labute approximate surface area is 98.6 Å². The first-order chi connectivity index (χ1) is 7.54. The van der Waals surface area contributed by atoms with Gasteiger partial charge in [-0.05, 0) is 31.1 Å². The Bertz CT molecular complexity index is 271. The molecular formula is C13H24N2O. The van der Waals surface area contributed by atoms with Crippen LogP contribution < -0.4 is 5.32 Å². The van der Waals surface area contributed by atoms with Gasteiger partial charge in [0.15, 0.2) is 0 Å². The van der Waals surface area contributed by atoms with Crippen LogP contribution in [-0.2, 0) is 4.79 Å². The second-order valence-corrected chi connectivity index (χ2v) is 5.79. The summed E-state index contributed by atoms with van der Waals surface area (Å²) in [6.45, 7) is 8.67. The smallest absolute Gasteiger partial charge is 0.241 e. The molecule has 1 saturated carbocycles. The number of carbonyl (C=O) groups excluding carboxylic acids is 1. The first-order valence-corrected chi connectivity index (χ1v) is 6.62. The molecule has 2 fully saturated rings. The minimum atomic E-state index is 0.0425. The SMILES string of the molecule is CCC1NC(C(C)C)C(=O)N1C1CC(C)C1. The largest absolute Gasteiger partial charge is 0.323 e. The molecule has 2 rings (SSSR count). The zero-order chi connectivity index (χ0) is 11.9. The summed E-state index contributed by atoms with van der Waals surface area (Å²) in [5.74, 6) is 1.52. The number of nitrogens with zero attached hydrogens (tertiary/aromatic N) is 1. The van der Waals surface area contributed by atoms with E-state index >= 15 is 0 Å². The van der Waals surface area contributed by atoms with Crippen LogP contribution in [0.5, 0.6) is 0 Å². The van der Waals surface area contributed by atoms with Crippen LogP contribution in [0, 0.1) is 11.8 Å². The third-order valence-corrected chi connectivity index (χ3v) is 4.02. The predicted octanol–water partition coefficient (Wildman–Crippen LogP) is 1.98. The summed E-state index contributed by atoms with van der Waals surface area (Å²) in [5.41, 5.74) is 0. The lowest BCUT2D eigenvalue weighted by Crippen LogP contribution is -2.50. The van der Waals surface area contributed by atoms with Gasteiger partial charge in [0.1, 0.15) is 0 Å². The molecule has 1 aliphatic carbocycles. The lowest BCUT2D eigenvalue weighted by atomic mass is 9.80. The van der Waals surface area contributed by atoms with Crippen molar-refractivity contribution in [1.29, 1.82) is 0 Å². The Morgan fingerprint density at radius 1 is 1.44 bits per heavy atom. The molecule has 0 radical (unpaired) electrons. The average Bonchev–Trinajstić information content (AvgIpc) is 2.51. The minimum Gasteiger partial charge on any atom is -0.323 e. The first kappa shape index (κ1) is 11.9. The highest BCUT2D eigenvalue weighted by Crippen LogP contribution is 2.35. The van der Waals surface area contributed by atoms with Gasteiger partial charge in [0.2, 0.25) is 5.91 Å². The van der Waals surface area contributed by atoms with Crippen molar-refractivity contribution in [2.45, 2.75) is 65.2 Å². The van der Waals surface area contributed by atoms with Crippen LogP contribution in [0.4, 0.5) is 0 Å². The maximum absolute atomic E-state index is 12.3. The van der Waals surface area contributed by atoms with Crippen molar-refractivity contribution in [2.24, 2.45) is 11.8 Å². The molecule has 92 valence electrons. The predicted molar refractivity (Wildman–Crippen MR) is 64.9 cm³/mol. The molecule has 0 aromatic heterocycles. The van der Waals surface area contributed by atoms with E-state index in [1.807, 2.05) is 0 Å². The zero-order valence-corrected chi connectivity index (χ0v) is 10.9. The fourth-order valence-electron chi connectivity index (χ4n) is 2.99. The van der Waals surface area contributed by atoms with E-state index < -0.39 is 0 Å². The molecule has 1 saturated heterocycles. The summed E-state index contributed by atoms with van der Waals surface area (Å²) < 4.78 is 0. The summed E-state index contributed by atoms with van der Waals surface area (Å²) in [6.07, 6.45) is 3.67. The van der Waals surface area contributed by atoms with Crippen LogP contribution in [0.2, 0.25) is 0 Å². The van der Waals surface area contributed by atoms with Crippen molar-refractivity contribution < 1.29 is 4.79 Å². The lowest BCUT2D eigenvalue weighted by molar-refractivity contribution is -0.135. The minimum absolute atomic E-state index is 0.0425. The molecule has 16 heavy (non-hydrogen) atoms. The third kappa shape index (κ3) is 1.86. The summed E-state index contributed by atoms with van der Waals surface area (Å²) in [6, 6.07) is 0.546. The molecule has 0 bridgehead atoms. The monoisotopic (exact) mass is 224 g/mol. The molecule has 2 atom stereocenters. The Morgan fingerprint density at radius 2 is 2.06 bits per heavy atom. The first-order valence-electron chi connectivity index (χ1n) is 6.62. The van der Waals surface area contributed by atoms with E-state index in [2.05, 4.69) is 37.9 Å². The number of carbonyl (C=O) groups is 1. The van der Waals surface area contributed by atoms with Crippen LogP contribution in [-0.4, -0.2) is 29.1 Å². The summed E-state index contributed by atoms with van der Waals surface area (Å²) >= 11 is 0. The van der Waals surface area contributed by atoms with Gasteiger partial charge >= 0.3 is 0 Å². The topological polar surface area (TPSA) is 32.3 Å². The van der Waals surface area contributed by atoms with Gasteiger partial charge in [-0.2, -0.15) is 0 Å². The molecule has 0 aromatic carbocycles. The van der Waals surface area contributed by atoms with Gasteiger partial charge < -0.3 is 4.90 Å². The van der Waals surface area contributed by atoms with Gasteiger partial charge in [-0.25, -0.2) is 0 Å². The number of rotatable bonds is 3. The number of amides is 1. The van der Waals surface area contributed by atoms with Crippen molar-refractivity contribution in [3.8, 4) is 0 Å². The number of nitrogens with one attached hydrogen (secondary N) is 1. The molecule has 2 unspecified atom stereocenters. The second-order valence-electron chi connectivity index (χ2n) is 5.79. The van der Waals surface area contributed by atoms with Crippen molar-refractivity contribution in [1.82, 2.24) is 10.2 Å². The quantitative estimate of drug-likeness (QED) is 0.795. The van der Waals surface area contributed by atoms with E-state index in [-0.39, 0.29) is 12.2 Å². The van der Waals surface area contributed by atoms with E-state index in [4.69, 9.17) is 0 Å². The van der Waals surface area contributed by atoms with Crippen LogP contribution >= 0.6 is 0 Å². The van der Waals surface area contributed by atoms with E-state index in [9.17, 15) is 4.79 Å². The summed E-state index contributed by atoms with van der Waals surface area (Å²) in [4.78, 5) is 14.5. The van der Waals surface area contributed by atoms with Crippen molar-refractivity contribution >= 4 is 5.91 Å². The number of hydrogen-bond donors (Lipinski definition) is 1. The zero-order valence-electron chi connectivity index (χ0n) is 10.9. The lowest BCUT2D eigenvalue weighted by Gasteiger charge is -2.42. The molecule has 1 N–H and O–H groups in total. The van der Waals surface area contributed by atoms with Crippen molar-refractivity contribution in [3.63, 3.8) is 0 Å². The highest BCUT2D eigenvalue weighted by atomic mass is 16.2. The fraction of sp³-hybridized carbons (Fsp3) is 0.923. The average molecular weight is 224 g/mol. The Balaban J connectivity index is 2.07. The van der Waals surface area contributed by atoms with Gasteiger partial charge in [-0.1, -0.05) is 27.7 Å². The molecule has 1 aliphatic heterocycles. The third-order valence-electron chi connectivity index (χ3n) is 4.02. The molecular weight excluding hydrogens is 200 g/mol. The van der Waals surface area contributed by atoms with Crippen LogP contribution in [0.3, 0.4) is 0 Å². The van der Waals surface area contributed by atoms with E-state index in [0.29, 0.717) is 17.9 Å². The summed E-state index contributed by atoms with van der Waals surface area (Å²) in [5, 5.41) is 3.48. The van der Waals surface area contributed by atoms with E-state index in [1.54, 1.807) is 0 Å². The van der Waals surface area contributed by atoms with Gasteiger partial charge in [0.05, 0.1) is 12.2 Å². The van der Waals surface area contributed by atoms with Crippen molar-refractivity contribution in [2.75, 3.05) is 0 Å². The van der Waals surface area contributed by atoms with Crippen LogP contribution in [0.25, 0.3) is 0 Å². The molecule has 0 aromatic rings. The summed E-state index contributed by atoms with van der Waals surface area (Å²) in [7, 11) is 0. The maximum atomic E-state index is 12.3. The standard InChI is InChI=1S/C13H24N2O/c1-5-11-14-12(8(2)3)13(16)15(11)10-6-9(4)7-10/h8-12,14H,5-7H2,1-4H3. The molecule has 2 aliphatic rings. The molecule has 1 heterocycles. The Morgan fingerprint density at radius 3 is 2.50 bits per heavy atom. The highest BCUT2D eigenvalue weighted by Gasteiger charge is 2.45. The fourth-order valence-corrected chi connectivity index (χ4v) is 2.99. The molecule has 3 heteroatoms. The second kappa shape index (κ2) is 4.36. The van der Waals surface area contributed by atoms with Gasteiger partial charge in [0, 0.05) is 6.04 Å². The maximum Gasteiger partial charge on any atom is 0.241 e. The molecule has 0 spiro atoms. The van der Waals surface area contributed by atoms with Crippen LogP contribution in [0.1, 0.15) is 47.0 Å². The number of hydrogen-bond acceptors (Lipinski definition) is 2. The molecule has 1 amide bonds. The van der Waals surface area contributed by atoms with Crippen LogP contribution in [0.15, 0.2) is 0 Å². The Hall–Kier alpha value is -0.570. The normalized spacial score (nSPS) is 39.3.